The molecule has 0 unspecified atom stereocenters. The van der Waals surface area contributed by atoms with Crippen LogP contribution in [0.1, 0.15) is 58.3 Å². The van der Waals surface area contributed by atoms with E-state index in [9.17, 15) is 0 Å². The van der Waals surface area contributed by atoms with Crippen molar-refractivity contribution in [3.8, 4) is 0 Å². The van der Waals surface area contributed by atoms with E-state index in [-0.39, 0.29) is 0 Å². The summed E-state index contributed by atoms with van der Waals surface area (Å²) in [5.74, 6) is 3.65. The molecule has 0 radical (unpaired) electrons. The maximum Gasteiger partial charge on any atom is 0.134 e. The average Bonchev–Trinajstić information content (AvgIpc) is 2.39. The third-order valence-corrected chi connectivity index (χ3v) is 3.26. The normalized spacial score (nSPS) is 10.9. The van der Waals surface area contributed by atoms with E-state index in [1.54, 1.807) is 0 Å². The molecule has 0 spiro atoms. The van der Waals surface area contributed by atoms with E-state index >= 15 is 0 Å². The van der Waals surface area contributed by atoms with Crippen molar-refractivity contribution in [1.82, 2.24) is 9.97 Å². The number of aryl methyl sites for hydroxylation is 1. The van der Waals surface area contributed by atoms with Crippen LogP contribution in [-0.4, -0.2) is 23.1 Å². The molecule has 0 aliphatic heterocycles. The first-order valence-corrected chi connectivity index (χ1v) is 7.93. The minimum atomic E-state index is 0.760. The standard InChI is InChI=1S/C16H30N4/c1-6-9-14-19-15(17-7-2)13(5)16(20-14)18-11-8-10-12(3)4/h12H,6-11H2,1-5H3,(H2,17,18,19,20). The van der Waals surface area contributed by atoms with Gasteiger partial charge in [0.25, 0.3) is 0 Å². The highest BCUT2D eigenvalue weighted by molar-refractivity contribution is 5.57. The molecule has 2 N–H and O–H groups in total. The quantitative estimate of drug-likeness (QED) is 0.670. The van der Waals surface area contributed by atoms with Crippen LogP contribution in [-0.2, 0) is 6.42 Å². The molecule has 4 heteroatoms. The first-order chi connectivity index (χ1) is 9.58. The Morgan fingerprint density at radius 1 is 1.05 bits per heavy atom. The molecule has 1 rings (SSSR count). The van der Waals surface area contributed by atoms with E-state index in [1.165, 1.54) is 12.8 Å². The molecule has 0 aromatic carbocycles. The summed E-state index contributed by atoms with van der Waals surface area (Å²) in [5, 5.41) is 6.81. The Kier molecular flexibility index (Phi) is 7.34. The Bertz CT molecular complexity index is 402. The van der Waals surface area contributed by atoms with Gasteiger partial charge in [-0.2, -0.15) is 0 Å². The zero-order valence-electron chi connectivity index (χ0n) is 13.7. The van der Waals surface area contributed by atoms with Gasteiger partial charge in [-0.3, -0.25) is 0 Å². The monoisotopic (exact) mass is 278 g/mol. The molecular weight excluding hydrogens is 248 g/mol. The van der Waals surface area contributed by atoms with Gasteiger partial charge in [0.05, 0.1) is 0 Å². The van der Waals surface area contributed by atoms with Crippen molar-refractivity contribution in [2.75, 3.05) is 23.7 Å². The Labute approximate surface area is 123 Å². The van der Waals surface area contributed by atoms with Gasteiger partial charge in [0, 0.05) is 25.1 Å². The topological polar surface area (TPSA) is 49.8 Å². The first-order valence-electron chi connectivity index (χ1n) is 7.93. The van der Waals surface area contributed by atoms with Crippen molar-refractivity contribution in [1.29, 1.82) is 0 Å². The van der Waals surface area contributed by atoms with Gasteiger partial charge in [-0.05, 0) is 39.0 Å². The summed E-state index contributed by atoms with van der Waals surface area (Å²) in [7, 11) is 0. The molecule has 1 aromatic rings. The van der Waals surface area contributed by atoms with Crippen molar-refractivity contribution in [2.24, 2.45) is 5.92 Å². The highest BCUT2D eigenvalue weighted by Gasteiger charge is 2.09. The maximum atomic E-state index is 4.66. The van der Waals surface area contributed by atoms with Gasteiger partial charge >= 0.3 is 0 Å². The lowest BCUT2D eigenvalue weighted by Crippen LogP contribution is -2.12. The van der Waals surface area contributed by atoms with E-state index < -0.39 is 0 Å². The van der Waals surface area contributed by atoms with Gasteiger partial charge in [0.2, 0.25) is 0 Å². The van der Waals surface area contributed by atoms with Crippen LogP contribution in [0.25, 0.3) is 0 Å². The molecule has 0 saturated heterocycles. The van der Waals surface area contributed by atoms with Crippen LogP contribution in [0.3, 0.4) is 0 Å². The molecule has 0 aliphatic carbocycles. The van der Waals surface area contributed by atoms with E-state index in [0.29, 0.717) is 0 Å². The molecule has 0 atom stereocenters. The number of aromatic nitrogens is 2. The zero-order chi connectivity index (χ0) is 15.0. The fourth-order valence-electron chi connectivity index (χ4n) is 2.13. The van der Waals surface area contributed by atoms with Gasteiger partial charge in [-0.1, -0.05) is 20.8 Å². The number of rotatable bonds is 9. The Hall–Kier alpha value is -1.32. The highest BCUT2D eigenvalue weighted by atomic mass is 15.1. The second-order valence-electron chi connectivity index (χ2n) is 5.71. The summed E-state index contributed by atoms with van der Waals surface area (Å²) in [5.41, 5.74) is 1.12. The predicted octanol–water partition coefficient (Wildman–Crippen LogP) is 4.02. The van der Waals surface area contributed by atoms with E-state index in [0.717, 1.165) is 54.9 Å². The molecule has 114 valence electrons. The molecule has 1 heterocycles. The van der Waals surface area contributed by atoms with Crippen LogP contribution < -0.4 is 10.6 Å². The Morgan fingerprint density at radius 3 is 2.25 bits per heavy atom. The smallest absolute Gasteiger partial charge is 0.134 e. The van der Waals surface area contributed by atoms with Gasteiger partial charge < -0.3 is 10.6 Å². The fraction of sp³-hybridized carbons (Fsp3) is 0.750. The summed E-state index contributed by atoms with van der Waals surface area (Å²) < 4.78 is 0. The SMILES string of the molecule is CCCc1nc(NCC)c(C)c(NCCCC(C)C)n1. The van der Waals surface area contributed by atoms with Crippen molar-refractivity contribution in [3.63, 3.8) is 0 Å². The van der Waals surface area contributed by atoms with Crippen molar-refractivity contribution < 1.29 is 0 Å². The second-order valence-corrected chi connectivity index (χ2v) is 5.71. The second kappa shape index (κ2) is 8.77. The minimum absolute atomic E-state index is 0.760. The van der Waals surface area contributed by atoms with Crippen LogP contribution in [0.5, 0.6) is 0 Å². The lowest BCUT2D eigenvalue weighted by Gasteiger charge is -2.14. The summed E-state index contributed by atoms with van der Waals surface area (Å²) in [6, 6.07) is 0. The number of nitrogens with one attached hydrogen (secondary N) is 2. The Balaban J connectivity index is 2.76. The summed E-state index contributed by atoms with van der Waals surface area (Å²) >= 11 is 0. The van der Waals surface area contributed by atoms with E-state index in [4.69, 9.17) is 0 Å². The highest BCUT2D eigenvalue weighted by Crippen LogP contribution is 2.20. The molecule has 0 bridgehead atoms. The lowest BCUT2D eigenvalue weighted by molar-refractivity contribution is 0.566. The van der Waals surface area contributed by atoms with Crippen molar-refractivity contribution in [3.05, 3.63) is 11.4 Å². The average molecular weight is 278 g/mol. The van der Waals surface area contributed by atoms with Crippen molar-refractivity contribution in [2.45, 2.75) is 60.3 Å². The minimum Gasteiger partial charge on any atom is -0.370 e. The largest absolute Gasteiger partial charge is 0.370 e. The van der Waals surface area contributed by atoms with Gasteiger partial charge in [-0.25, -0.2) is 9.97 Å². The third-order valence-electron chi connectivity index (χ3n) is 3.26. The summed E-state index contributed by atoms with van der Waals surface area (Å²) in [6.45, 7) is 12.7. The van der Waals surface area contributed by atoms with E-state index in [1.807, 2.05) is 0 Å². The van der Waals surface area contributed by atoms with E-state index in [2.05, 4.69) is 55.2 Å². The van der Waals surface area contributed by atoms with Gasteiger partial charge in [0.1, 0.15) is 17.5 Å². The predicted molar refractivity (Wildman–Crippen MR) is 87.5 cm³/mol. The van der Waals surface area contributed by atoms with Crippen LogP contribution in [0, 0.1) is 12.8 Å². The van der Waals surface area contributed by atoms with Gasteiger partial charge in [-0.15, -0.1) is 0 Å². The molecule has 20 heavy (non-hydrogen) atoms. The molecule has 0 saturated carbocycles. The third kappa shape index (κ3) is 5.35. The zero-order valence-corrected chi connectivity index (χ0v) is 13.7. The fourth-order valence-corrected chi connectivity index (χ4v) is 2.13. The lowest BCUT2D eigenvalue weighted by atomic mass is 10.1. The van der Waals surface area contributed by atoms with Crippen LogP contribution in [0.4, 0.5) is 11.6 Å². The first kappa shape index (κ1) is 16.7. The number of anilines is 2. The Morgan fingerprint density at radius 2 is 1.70 bits per heavy atom. The molecule has 1 aromatic heterocycles. The molecule has 4 nitrogen and oxygen atoms in total. The summed E-state index contributed by atoms with van der Waals surface area (Å²) in [4.78, 5) is 9.27. The molecule has 0 fully saturated rings. The summed E-state index contributed by atoms with van der Waals surface area (Å²) in [6.07, 6.45) is 4.43. The van der Waals surface area contributed by atoms with Crippen LogP contribution in [0.2, 0.25) is 0 Å². The maximum absolute atomic E-state index is 4.66. The van der Waals surface area contributed by atoms with Crippen LogP contribution >= 0.6 is 0 Å². The molecular formula is C16H30N4. The number of nitrogens with zero attached hydrogens (tertiary/aromatic N) is 2. The molecule has 0 amide bonds. The van der Waals surface area contributed by atoms with Gasteiger partial charge in [0.15, 0.2) is 0 Å². The number of hydrogen-bond donors (Lipinski definition) is 2. The number of hydrogen-bond acceptors (Lipinski definition) is 4. The van der Waals surface area contributed by atoms with Crippen LogP contribution in [0.15, 0.2) is 0 Å². The van der Waals surface area contributed by atoms with Crippen molar-refractivity contribution >= 4 is 11.6 Å². The molecule has 0 aliphatic rings.